The molecule has 204 valence electrons. The van der Waals surface area contributed by atoms with E-state index < -0.39 is 16.9 Å². The van der Waals surface area contributed by atoms with E-state index >= 15 is 0 Å². The lowest BCUT2D eigenvalue weighted by Gasteiger charge is -2.46. The molecule has 5 aromatic rings. The molecule has 2 saturated heterocycles. The van der Waals surface area contributed by atoms with Crippen molar-refractivity contribution in [2.75, 3.05) is 11.9 Å². The van der Waals surface area contributed by atoms with Gasteiger partial charge < -0.3 is 5.32 Å². The summed E-state index contributed by atoms with van der Waals surface area (Å²) in [6, 6.07) is 31.5. The molecule has 0 unspecified atom stereocenters. The van der Waals surface area contributed by atoms with Gasteiger partial charge in [-0.25, -0.2) is 9.97 Å². The Bertz CT molecular complexity index is 1990. The fourth-order valence-corrected chi connectivity index (χ4v) is 8.93. The SMILES string of the molecule is O=C(c1ccc(Br)cc1)[C@@H]1[C@H]2CCCN2[C@]2(c3ccccc3-c3nc4ccccc4nc32)[C@@]12C(=O)Nc1ccccc12. The molecule has 1 aromatic heterocycles. The van der Waals surface area contributed by atoms with Gasteiger partial charge in [0.15, 0.2) is 5.78 Å². The normalized spacial score (nSPS) is 26.8. The van der Waals surface area contributed by atoms with Crippen molar-refractivity contribution in [2.45, 2.75) is 29.8 Å². The molecule has 4 aromatic carbocycles. The maximum absolute atomic E-state index is 15.0. The number of rotatable bonds is 2. The van der Waals surface area contributed by atoms with E-state index in [1.165, 1.54) is 0 Å². The van der Waals surface area contributed by atoms with E-state index in [0.29, 0.717) is 5.56 Å². The van der Waals surface area contributed by atoms with Crippen LogP contribution in [0.4, 0.5) is 5.69 Å². The summed E-state index contributed by atoms with van der Waals surface area (Å²) in [6.45, 7) is 0.758. The van der Waals surface area contributed by atoms with Crippen molar-refractivity contribution in [3.05, 3.63) is 124 Å². The second-order valence-corrected chi connectivity index (χ2v) is 12.6. The van der Waals surface area contributed by atoms with Crippen LogP contribution in [0.15, 0.2) is 102 Å². The molecule has 2 fully saturated rings. The highest BCUT2D eigenvalue weighted by molar-refractivity contribution is 9.10. The van der Waals surface area contributed by atoms with E-state index in [4.69, 9.17) is 9.97 Å². The van der Waals surface area contributed by atoms with Crippen LogP contribution in [0.25, 0.3) is 22.3 Å². The minimum atomic E-state index is -1.25. The highest BCUT2D eigenvalue weighted by Gasteiger charge is 2.79. The van der Waals surface area contributed by atoms with E-state index in [1.54, 1.807) is 0 Å². The van der Waals surface area contributed by atoms with Gasteiger partial charge in [-0.1, -0.05) is 82.7 Å². The number of nitrogens with zero attached hydrogens (tertiary/aromatic N) is 3. The van der Waals surface area contributed by atoms with Gasteiger partial charge in [0, 0.05) is 27.3 Å². The van der Waals surface area contributed by atoms with E-state index in [-0.39, 0.29) is 17.7 Å². The number of hydrogen-bond donors (Lipinski definition) is 1. The third kappa shape index (κ3) is 2.74. The molecule has 1 amide bonds. The summed E-state index contributed by atoms with van der Waals surface area (Å²) in [5.41, 5.74) is 5.10. The first kappa shape index (κ1) is 24.4. The second-order valence-electron chi connectivity index (χ2n) is 11.7. The first-order valence-electron chi connectivity index (χ1n) is 14.4. The van der Waals surface area contributed by atoms with Crippen LogP contribution < -0.4 is 5.32 Å². The predicted octanol–water partition coefficient (Wildman–Crippen LogP) is 6.48. The summed E-state index contributed by atoms with van der Waals surface area (Å²) < 4.78 is 0.906. The lowest BCUT2D eigenvalue weighted by molar-refractivity contribution is -0.124. The summed E-state index contributed by atoms with van der Waals surface area (Å²) in [6.07, 6.45) is 1.76. The Balaban J connectivity index is 1.45. The molecule has 9 rings (SSSR count). The molecule has 7 heteroatoms. The van der Waals surface area contributed by atoms with Crippen LogP contribution >= 0.6 is 15.9 Å². The molecule has 2 spiro atoms. The van der Waals surface area contributed by atoms with Crippen molar-refractivity contribution >= 4 is 44.3 Å². The van der Waals surface area contributed by atoms with Gasteiger partial charge >= 0.3 is 0 Å². The van der Waals surface area contributed by atoms with Gasteiger partial charge in [0.1, 0.15) is 11.0 Å². The summed E-state index contributed by atoms with van der Waals surface area (Å²) >= 11 is 3.52. The molecular weight excluding hydrogens is 588 g/mol. The summed E-state index contributed by atoms with van der Waals surface area (Å²) in [7, 11) is 0. The largest absolute Gasteiger partial charge is 0.325 e. The third-order valence-corrected chi connectivity index (χ3v) is 10.5. The average Bonchev–Trinajstić information content (AvgIpc) is 3.74. The van der Waals surface area contributed by atoms with Crippen LogP contribution in [0.3, 0.4) is 0 Å². The third-order valence-electron chi connectivity index (χ3n) is 10.0. The Labute approximate surface area is 250 Å². The molecule has 4 heterocycles. The van der Waals surface area contributed by atoms with Crippen LogP contribution in [0.2, 0.25) is 0 Å². The van der Waals surface area contributed by atoms with Crippen molar-refractivity contribution in [2.24, 2.45) is 5.92 Å². The van der Waals surface area contributed by atoms with Crippen molar-refractivity contribution in [1.82, 2.24) is 14.9 Å². The molecular formula is C35H25BrN4O2. The zero-order valence-corrected chi connectivity index (χ0v) is 24.1. The molecule has 3 aliphatic heterocycles. The minimum Gasteiger partial charge on any atom is -0.325 e. The Morgan fingerprint density at radius 1 is 0.857 bits per heavy atom. The molecule has 4 atom stereocenters. The van der Waals surface area contributed by atoms with Crippen LogP contribution in [-0.2, 0) is 15.7 Å². The summed E-state index contributed by atoms with van der Waals surface area (Å²) in [5, 5.41) is 3.24. The number of ketones is 1. The number of benzene rings is 4. The maximum atomic E-state index is 15.0. The molecule has 0 bridgehead atoms. The lowest BCUT2D eigenvalue weighted by atomic mass is 9.56. The molecule has 1 N–H and O–H groups in total. The van der Waals surface area contributed by atoms with Crippen molar-refractivity contribution in [3.8, 4) is 11.3 Å². The van der Waals surface area contributed by atoms with Crippen LogP contribution in [0, 0.1) is 5.92 Å². The van der Waals surface area contributed by atoms with Gasteiger partial charge in [0.25, 0.3) is 0 Å². The lowest BCUT2D eigenvalue weighted by Crippen LogP contribution is -2.59. The van der Waals surface area contributed by atoms with E-state index in [2.05, 4.69) is 38.3 Å². The monoisotopic (exact) mass is 612 g/mol. The van der Waals surface area contributed by atoms with E-state index in [9.17, 15) is 9.59 Å². The predicted molar refractivity (Wildman–Crippen MR) is 164 cm³/mol. The quantitative estimate of drug-likeness (QED) is 0.231. The molecule has 6 nitrogen and oxygen atoms in total. The van der Waals surface area contributed by atoms with Crippen molar-refractivity contribution < 1.29 is 9.59 Å². The smallest absolute Gasteiger partial charge is 0.238 e. The fraction of sp³-hybridized carbons (Fsp3) is 0.200. The number of hydrogen-bond acceptors (Lipinski definition) is 5. The van der Waals surface area contributed by atoms with Gasteiger partial charge in [-0.05, 0) is 60.8 Å². The number of aromatic nitrogens is 2. The molecule has 4 aliphatic rings. The topological polar surface area (TPSA) is 75.2 Å². The standard InChI is InChI=1S/C35H25BrN4O2/c36-21-17-15-20(16-18-21)31(41)29-28-14-7-19-40(28)35(34(29)24-10-3-4-11-25(24)39-33(34)42)23-9-2-1-8-22(23)30-32(35)38-27-13-6-5-12-26(27)37-30/h1-6,8-13,15-18,28-29H,7,14,19H2,(H,39,42)/t28-,29+,34-,35+/m1/s1. The van der Waals surface area contributed by atoms with Gasteiger partial charge in [0.2, 0.25) is 5.91 Å². The van der Waals surface area contributed by atoms with Gasteiger partial charge in [-0.2, -0.15) is 0 Å². The molecule has 42 heavy (non-hydrogen) atoms. The number of carbonyl (C=O) groups excluding carboxylic acids is 2. The van der Waals surface area contributed by atoms with Crippen LogP contribution in [0.5, 0.6) is 0 Å². The van der Waals surface area contributed by atoms with Crippen LogP contribution in [0.1, 0.15) is 40.0 Å². The van der Waals surface area contributed by atoms with Gasteiger partial charge in [-0.3, -0.25) is 14.5 Å². The van der Waals surface area contributed by atoms with Gasteiger partial charge in [0.05, 0.1) is 28.3 Å². The first-order valence-corrected chi connectivity index (χ1v) is 15.2. The summed E-state index contributed by atoms with van der Waals surface area (Å²) in [5.74, 6) is -0.786. The number of halogens is 1. The Morgan fingerprint density at radius 3 is 2.36 bits per heavy atom. The molecule has 0 saturated carbocycles. The minimum absolute atomic E-state index is 0.0113. The zero-order chi connectivity index (χ0) is 28.2. The zero-order valence-electron chi connectivity index (χ0n) is 22.5. The first-order chi connectivity index (χ1) is 20.6. The number of para-hydroxylation sites is 3. The number of carbonyl (C=O) groups is 2. The number of amides is 1. The summed E-state index contributed by atoms with van der Waals surface area (Å²) in [4.78, 5) is 42.9. The Kier molecular flexibility index (Phi) is 4.90. The Hall–Kier alpha value is -4.20. The van der Waals surface area contributed by atoms with Crippen molar-refractivity contribution in [3.63, 3.8) is 0 Å². The van der Waals surface area contributed by atoms with Crippen LogP contribution in [-0.4, -0.2) is 39.1 Å². The maximum Gasteiger partial charge on any atom is 0.238 e. The van der Waals surface area contributed by atoms with E-state index in [1.807, 2.05) is 84.9 Å². The number of anilines is 1. The number of Topliss-reactive ketones (excluding diaryl/α,β-unsaturated/α-hetero) is 1. The number of nitrogens with one attached hydrogen (secondary N) is 1. The van der Waals surface area contributed by atoms with Crippen molar-refractivity contribution in [1.29, 1.82) is 0 Å². The second kappa shape index (κ2) is 8.43. The van der Waals surface area contributed by atoms with E-state index in [0.717, 1.165) is 68.7 Å². The fourth-order valence-electron chi connectivity index (χ4n) is 8.67. The highest BCUT2D eigenvalue weighted by atomic mass is 79.9. The average molecular weight is 614 g/mol. The highest BCUT2D eigenvalue weighted by Crippen LogP contribution is 2.70. The molecule has 0 radical (unpaired) electrons. The molecule has 1 aliphatic carbocycles. The Morgan fingerprint density at radius 2 is 1.55 bits per heavy atom. The van der Waals surface area contributed by atoms with Gasteiger partial charge in [-0.15, -0.1) is 0 Å². The number of fused-ring (bicyclic) bond motifs is 11.